The SMILES string of the molecule is [N-]=[N+]=Nc1ccc(C=C2CCCCC(=Cc3ccc(N=[N+]=[N-])cc3)C2=O)cc1. The fourth-order valence-corrected chi connectivity index (χ4v) is 3.12. The summed E-state index contributed by atoms with van der Waals surface area (Å²) in [7, 11) is 0. The molecule has 0 N–H and O–H groups in total. The quantitative estimate of drug-likeness (QED) is 0.183. The fraction of sp³-hybridized carbons (Fsp3) is 0.190. The number of hydrogen-bond donors (Lipinski definition) is 0. The normalized spacial score (nSPS) is 16.9. The molecular formula is C21H18N6O. The second-order valence-corrected chi connectivity index (χ2v) is 6.44. The van der Waals surface area contributed by atoms with Crippen LogP contribution in [0.25, 0.3) is 33.0 Å². The van der Waals surface area contributed by atoms with Crippen LogP contribution in [0.1, 0.15) is 36.8 Å². The summed E-state index contributed by atoms with van der Waals surface area (Å²) in [5, 5.41) is 7.12. The largest absolute Gasteiger partial charge is 0.289 e. The van der Waals surface area contributed by atoms with E-state index in [2.05, 4.69) is 20.1 Å². The fourth-order valence-electron chi connectivity index (χ4n) is 3.12. The topological polar surface area (TPSA) is 115 Å². The van der Waals surface area contributed by atoms with Gasteiger partial charge in [0.2, 0.25) is 0 Å². The van der Waals surface area contributed by atoms with Crippen molar-refractivity contribution < 1.29 is 4.79 Å². The third kappa shape index (κ3) is 4.89. The second kappa shape index (κ2) is 9.24. The number of nitrogens with zero attached hydrogens (tertiary/aromatic N) is 6. The number of carbonyl (C=O) groups excluding carboxylic acids is 1. The highest BCUT2D eigenvalue weighted by Crippen LogP contribution is 2.28. The number of allylic oxidation sites excluding steroid dienone is 2. The number of benzene rings is 2. The summed E-state index contributed by atoms with van der Waals surface area (Å²) in [5.74, 6) is 0.0655. The Balaban J connectivity index is 1.86. The lowest BCUT2D eigenvalue weighted by atomic mass is 9.98. The van der Waals surface area contributed by atoms with E-state index in [9.17, 15) is 4.79 Å². The zero-order valence-electron chi connectivity index (χ0n) is 15.2. The lowest BCUT2D eigenvalue weighted by Gasteiger charge is -2.06. The van der Waals surface area contributed by atoms with Crippen LogP contribution in [0.4, 0.5) is 11.4 Å². The molecule has 0 spiro atoms. The van der Waals surface area contributed by atoms with Gasteiger partial charge in [0.1, 0.15) is 0 Å². The first-order valence-corrected chi connectivity index (χ1v) is 8.96. The van der Waals surface area contributed by atoms with Crippen molar-refractivity contribution in [2.24, 2.45) is 10.2 Å². The molecule has 3 rings (SSSR count). The van der Waals surface area contributed by atoms with Crippen molar-refractivity contribution >= 4 is 29.3 Å². The first-order valence-electron chi connectivity index (χ1n) is 8.96. The molecule has 1 aliphatic carbocycles. The van der Waals surface area contributed by atoms with Crippen LogP contribution in [-0.4, -0.2) is 5.78 Å². The molecule has 0 bridgehead atoms. The van der Waals surface area contributed by atoms with Crippen LogP contribution in [0, 0.1) is 0 Å². The Labute approximate surface area is 162 Å². The van der Waals surface area contributed by atoms with Gasteiger partial charge in [-0.25, -0.2) is 0 Å². The van der Waals surface area contributed by atoms with Crippen LogP contribution < -0.4 is 0 Å². The molecule has 0 unspecified atom stereocenters. The van der Waals surface area contributed by atoms with E-state index in [1.807, 2.05) is 36.4 Å². The number of Topliss-reactive ketones (excluding diaryl/α,β-unsaturated/α-hetero) is 1. The van der Waals surface area contributed by atoms with Crippen LogP contribution in [-0.2, 0) is 4.79 Å². The molecule has 0 radical (unpaired) electrons. The molecule has 138 valence electrons. The van der Waals surface area contributed by atoms with Crippen LogP contribution in [0.15, 0.2) is 69.9 Å². The summed E-state index contributed by atoms with van der Waals surface area (Å²) in [5.41, 5.74) is 21.4. The summed E-state index contributed by atoms with van der Waals surface area (Å²) < 4.78 is 0. The number of hydrogen-bond acceptors (Lipinski definition) is 3. The zero-order valence-corrected chi connectivity index (χ0v) is 15.2. The molecule has 0 amide bonds. The maximum Gasteiger partial charge on any atom is 0.185 e. The maximum absolute atomic E-state index is 13.0. The molecule has 0 saturated heterocycles. The predicted molar refractivity (Wildman–Crippen MR) is 110 cm³/mol. The van der Waals surface area contributed by atoms with E-state index in [-0.39, 0.29) is 5.78 Å². The van der Waals surface area contributed by atoms with E-state index in [1.165, 1.54) is 0 Å². The van der Waals surface area contributed by atoms with E-state index in [0.717, 1.165) is 48.0 Å². The van der Waals surface area contributed by atoms with E-state index >= 15 is 0 Å². The summed E-state index contributed by atoms with van der Waals surface area (Å²) >= 11 is 0. The van der Waals surface area contributed by atoms with Crippen LogP contribution in [0.2, 0.25) is 0 Å². The number of rotatable bonds is 4. The third-order valence-electron chi connectivity index (χ3n) is 4.51. The summed E-state index contributed by atoms with van der Waals surface area (Å²) in [6, 6.07) is 14.3. The highest BCUT2D eigenvalue weighted by molar-refractivity contribution is 6.13. The Morgan fingerprint density at radius 2 is 1.11 bits per heavy atom. The van der Waals surface area contributed by atoms with Gasteiger partial charge in [0.05, 0.1) is 0 Å². The van der Waals surface area contributed by atoms with Gasteiger partial charge in [0.15, 0.2) is 5.78 Å². The van der Waals surface area contributed by atoms with E-state index in [1.54, 1.807) is 24.3 Å². The van der Waals surface area contributed by atoms with Crippen LogP contribution >= 0.6 is 0 Å². The smallest absolute Gasteiger partial charge is 0.185 e. The van der Waals surface area contributed by atoms with E-state index in [0.29, 0.717) is 11.4 Å². The molecule has 2 aromatic carbocycles. The number of ketones is 1. The minimum atomic E-state index is 0.0655. The Morgan fingerprint density at radius 3 is 1.46 bits per heavy atom. The molecule has 7 nitrogen and oxygen atoms in total. The molecule has 7 heteroatoms. The molecule has 1 aliphatic rings. The lowest BCUT2D eigenvalue weighted by Crippen LogP contribution is -2.03. The van der Waals surface area contributed by atoms with Crippen LogP contribution in [0.5, 0.6) is 0 Å². The van der Waals surface area contributed by atoms with E-state index < -0.39 is 0 Å². The van der Waals surface area contributed by atoms with Crippen molar-refractivity contribution in [3.8, 4) is 0 Å². The first kappa shape index (κ1) is 19.0. The van der Waals surface area contributed by atoms with Gasteiger partial charge >= 0.3 is 0 Å². The average molecular weight is 370 g/mol. The van der Waals surface area contributed by atoms with Crippen molar-refractivity contribution in [1.29, 1.82) is 0 Å². The van der Waals surface area contributed by atoms with Gasteiger partial charge in [-0.3, -0.25) is 4.79 Å². The minimum absolute atomic E-state index is 0.0655. The molecule has 1 fully saturated rings. The molecule has 0 aromatic heterocycles. The van der Waals surface area contributed by atoms with Crippen molar-refractivity contribution in [3.63, 3.8) is 0 Å². The first-order chi connectivity index (χ1) is 13.7. The van der Waals surface area contributed by atoms with Gasteiger partial charge in [0.25, 0.3) is 0 Å². The van der Waals surface area contributed by atoms with Gasteiger partial charge < -0.3 is 0 Å². The Morgan fingerprint density at radius 1 is 0.714 bits per heavy atom. The molecule has 0 aliphatic heterocycles. The van der Waals surface area contributed by atoms with Crippen LogP contribution in [0.3, 0.4) is 0 Å². The standard InChI is InChI=1S/C21H18N6O/c22-26-24-19-9-5-15(6-10-19)13-17-3-1-2-4-18(21(17)28)14-16-7-11-20(12-8-16)25-27-23/h5-14H,1-4H2. The van der Waals surface area contributed by atoms with Crippen molar-refractivity contribution in [1.82, 2.24) is 0 Å². The monoisotopic (exact) mass is 370 g/mol. The maximum atomic E-state index is 13.0. The van der Waals surface area contributed by atoms with Gasteiger partial charge in [-0.2, -0.15) is 0 Å². The molecule has 0 heterocycles. The van der Waals surface area contributed by atoms with Crippen molar-refractivity contribution in [2.75, 3.05) is 0 Å². The molecule has 2 aromatic rings. The summed E-state index contributed by atoms with van der Waals surface area (Å²) in [4.78, 5) is 18.6. The zero-order chi connectivity index (χ0) is 19.8. The van der Waals surface area contributed by atoms with Gasteiger partial charge in [-0.05, 0) is 60.0 Å². The van der Waals surface area contributed by atoms with Crippen molar-refractivity contribution in [2.45, 2.75) is 25.7 Å². The lowest BCUT2D eigenvalue weighted by molar-refractivity contribution is -0.112. The van der Waals surface area contributed by atoms with Gasteiger partial charge in [-0.1, -0.05) is 58.8 Å². The Kier molecular flexibility index (Phi) is 6.26. The van der Waals surface area contributed by atoms with Gasteiger partial charge in [-0.15, -0.1) is 0 Å². The van der Waals surface area contributed by atoms with Gasteiger partial charge in [0, 0.05) is 32.3 Å². The molecule has 1 saturated carbocycles. The Hall–Kier alpha value is -3.79. The highest BCUT2D eigenvalue weighted by Gasteiger charge is 2.18. The molecule has 0 atom stereocenters. The molecular weight excluding hydrogens is 352 g/mol. The predicted octanol–water partition coefficient (Wildman–Crippen LogP) is 7.18. The minimum Gasteiger partial charge on any atom is -0.289 e. The number of azide groups is 2. The second-order valence-electron chi connectivity index (χ2n) is 6.44. The summed E-state index contributed by atoms with van der Waals surface area (Å²) in [6.07, 6.45) is 7.22. The third-order valence-corrected chi connectivity index (χ3v) is 4.51. The van der Waals surface area contributed by atoms with Crippen molar-refractivity contribution in [3.05, 3.63) is 91.7 Å². The Bertz CT molecular complexity index is 938. The average Bonchev–Trinajstić information content (AvgIpc) is 2.87. The highest BCUT2D eigenvalue weighted by atomic mass is 16.1. The number of carbonyl (C=O) groups is 1. The summed E-state index contributed by atoms with van der Waals surface area (Å²) in [6.45, 7) is 0. The molecule has 28 heavy (non-hydrogen) atoms. The van der Waals surface area contributed by atoms with E-state index in [4.69, 9.17) is 11.1 Å².